The molecule has 0 saturated carbocycles. The fourth-order valence-corrected chi connectivity index (χ4v) is 4.69. The standard InChI is InChI=1S/C26H22N4O/c1-16-11-13-20-21-14-12-17(2)28-26(21)31-24(20)23(16)30-18(3)29(19-8-5-4-6-9-19)25-22(30)10-7-15-27-25/h4-15,18H,1-3H3/t18-/m0/s1. The van der Waals surface area contributed by atoms with Crippen molar-refractivity contribution in [2.24, 2.45) is 0 Å². The van der Waals surface area contributed by atoms with Gasteiger partial charge in [-0.2, -0.15) is 0 Å². The van der Waals surface area contributed by atoms with Gasteiger partial charge in [0, 0.05) is 28.4 Å². The minimum absolute atomic E-state index is 0.0273. The van der Waals surface area contributed by atoms with Crippen LogP contribution in [0.4, 0.5) is 22.9 Å². The highest BCUT2D eigenvalue weighted by Crippen LogP contribution is 2.49. The van der Waals surface area contributed by atoms with E-state index in [-0.39, 0.29) is 6.17 Å². The molecule has 0 N–H and O–H groups in total. The molecule has 2 aromatic carbocycles. The molecule has 1 atom stereocenters. The van der Waals surface area contributed by atoms with E-state index in [4.69, 9.17) is 9.40 Å². The Morgan fingerprint density at radius 1 is 0.839 bits per heavy atom. The molecule has 4 heterocycles. The number of aryl methyl sites for hydroxylation is 2. The molecule has 6 rings (SSSR count). The molecule has 5 heteroatoms. The highest BCUT2D eigenvalue weighted by atomic mass is 16.3. The summed E-state index contributed by atoms with van der Waals surface area (Å²) in [6.45, 7) is 6.33. The molecule has 0 spiro atoms. The van der Waals surface area contributed by atoms with Crippen LogP contribution in [0.1, 0.15) is 18.2 Å². The van der Waals surface area contributed by atoms with Crippen LogP contribution < -0.4 is 9.80 Å². The van der Waals surface area contributed by atoms with Gasteiger partial charge in [-0.1, -0.05) is 30.3 Å². The van der Waals surface area contributed by atoms with E-state index in [0.29, 0.717) is 5.71 Å². The van der Waals surface area contributed by atoms with Crippen LogP contribution in [0, 0.1) is 13.8 Å². The molecule has 0 unspecified atom stereocenters. The fraction of sp³-hybridized carbons (Fsp3) is 0.154. The van der Waals surface area contributed by atoms with Gasteiger partial charge in [-0.25, -0.2) is 9.97 Å². The van der Waals surface area contributed by atoms with Crippen LogP contribution in [0.3, 0.4) is 0 Å². The summed E-state index contributed by atoms with van der Waals surface area (Å²) in [6, 6.07) is 23.0. The summed E-state index contributed by atoms with van der Waals surface area (Å²) in [7, 11) is 0. The fourth-order valence-electron chi connectivity index (χ4n) is 4.69. The maximum Gasteiger partial charge on any atom is 0.227 e. The van der Waals surface area contributed by atoms with Gasteiger partial charge in [0.1, 0.15) is 6.17 Å². The number of pyridine rings is 2. The number of hydrogen-bond donors (Lipinski definition) is 0. The van der Waals surface area contributed by atoms with E-state index in [1.165, 1.54) is 0 Å². The Kier molecular flexibility index (Phi) is 3.81. The second-order valence-electron chi connectivity index (χ2n) is 8.07. The van der Waals surface area contributed by atoms with Gasteiger partial charge in [-0.3, -0.25) is 0 Å². The molecule has 0 bridgehead atoms. The maximum absolute atomic E-state index is 6.37. The second kappa shape index (κ2) is 6.57. The summed E-state index contributed by atoms with van der Waals surface area (Å²) in [5.74, 6) is 0.947. The number of anilines is 4. The summed E-state index contributed by atoms with van der Waals surface area (Å²) in [5.41, 5.74) is 6.89. The molecule has 0 saturated heterocycles. The van der Waals surface area contributed by atoms with Gasteiger partial charge in [0.15, 0.2) is 11.4 Å². The predicted octanol–water partition coefficient (Wildman–Crippen LogP) is 6.63. The van der Waals surface area contributed by atoms with Crippen LogP contribution in [-0.4, -0.2) is 16.1 Å². The van der Waals surface area contributed by atoms with E-state index in [9.17, 15) is 0 Å². The molecule has 1 aliphatic heterocycles. The monoisotopic (exact) mass is 406 g/mol. The molecule has 0 aliphatic carbocycles. The first-order valence-corrected chi connectivity index (χ1v) is 10.5. The average Bonchev–Trinajstić information content (AvgIpc) is 3.28. The van der Waals surface area contributed by atoms with E-state index in [2.05, 4.69) is 77.2 Å². The summed E-state index contributed by atoms with van der Waals surface area (Å²) >= 11 is 0. The van der Waals surface area contributed by atoms with Crippen molar-refractivity contribution in [3.05, 3.63) is 84.2 Å². The highest BCUT2D eigenvalue weighted by Gasteiger charge is 2.38. The van der Waals surface area contributed by atoms with Crippen molar-refractivity contribution in [3.63, 3.8) is 0 Å². The van der Waals surface area contributed by atoms with Gasteiger partial charge in [-0.05, 0) is 62.7 Å². The minimum atomic E-state index is 0.0273. The lowest BCUT2D eigenvalue weighted by atomic mass is 10.1. The zero-order chi connectivity index (χ0) is 21.1. The number of furan rings is 1. The van der Waals surface area contributed by atoms with E-state index >= 15 is 0 Å². The van der Waals surface area contributed by atoms with Crippen molar-refractivity contribution in [1.82, 2.24) is 9.97 Å². The first-order chi connectivity index (χ1) is 15.1. The lowest BCUT2D eigenvalue weighted by molar-refractivity contribution is 0.648. The quantitative estimate of drug-likeness (QED) is 0.329. The first-order valence-electron chi connectivity index (χ1n) is 10.5. The van der Waals surface area contributed by atoms with Crippen molar-refractivity contribution in [2.75, 3.05) is 9.80 Å². The van der Waals surface area contributed by atoms with Crippen molar-refractivity contribution in [1.29, 1.82) is 0 Å². The van der Waals surface area contributed by atoms with E-state index < -0.39 is 0 Å². The molecule has 1 aliphatic rings. The SMILES string of the molecule is Cc1ccc2c(n1)oc1c(N3c4cccnc4N(c4ccccc4)[C@@H]3C)c(C)ccc12. The molecule has 3 aromatic heterocycles. The number of benzene rings is 2. The Hall–Kier alpha value is -3.86. The van der Waals surface area contributed by atoms with E-state index in [0.717, 1.165) is 50.5 Å². The zero-order valence-electron chi connectivity index (χ0n) is 17.7. The predicted molar refractivity (Wildman–Crippen MR) is 125 cm³/mol. The van der Waals surface area contributed by atoms with Crippen LogP contribution in [0.2, 0.25) is 0 Å². The third-order valence-electron chi connectivity index (χ3n) is 6.10. The summed E-state index contributed by atoms with van der Waals surface area (Å²) in [4.78, 5) is 14.0. The van der Waals surface area contributed by atoms with Crippen molar-refractivity contribution in [3.8, 4) is 0 Å². The number of aromatic nitrogens is 2. The Bertz CT molecular complexity index is 1440. The van der Waals surface area contributed by atoms with Crippen molar-refractivity contribution < 1.29 is 4.42 Å². The van der Waals surface area contributed by atoms with Crippen molar-refractivity contribution in [2.45, 2.75) is 26.9 Å². The van der Waals surface area contributed by atoms with E-state index in [1.54, 1.807) is 0 Å². The van der Waals surface area contributed by atoms with Gasteiger partial charge in [-0.15, -0.1) is 0 Å². The lowest BCUT2D eigenvalue weighted by Crippen LogP contribution is -2.35. The molecule has 5 aromatic rings. The largest absolute Gasteiger partial charge is 0.435 e. The molecule has 31 heavy (non-hydrogen) atoms. The third-order valence-corrected chi connectivity index (χ3v) is 6.10. The number of fused-ring (bicyclic) bond motifs is 4. The smallest absolute Gasteiger partial charge is 0.227 e. The third kappa shape index (κ3) is 2.56. The van der Waals surface area contributed by atoms with Crippen LogP contribution >= 0.6 is 0 Å². The van der Waals surface area contributed by atoms with E-state index in [1.807, 2.05) is 31.3 Å². The van der Waals surface area contributed by atoms with Crippen molar-refractivity contribution >= 4 is 44.9 Å². The van der Waals surface area contributed by atoms with Gasteiger partial charge in [0.25, 0.3) is 0 Å². The lowest BCUT2D eigenvalue weighted by Gasteiger charge is -2.30. The zero-order valence-corrected chi connectivity index (χ0v) is 17.7. The Balaban J connectivity index is 1.62. The minimum Gasteiger partial charge on any atom is -0.435 e. The Morgan fingerprint density at radius 2 is 1.65 bits per heavy atom. The molecule has 5 nitrogen and oxygen atoms in total. The molecule has 0 fully saturated rings. The van der Waals surface area contributed by atoms with Gasteiger partial charge < -0.3 is 14.2 Å². The summed E-state index contributed by atoms with van der Waals surface area (Å²) < 4.78 is 6.37. The Morgan fingerprint density at radius 3 is 2.48 bits per heavy atom. The Labute approximate surface area is 180 Å². The first kappa shape index (κ1) is 18.0. The second-order valence-corrected chi connectivity index (χ2v) is 8.07. The van der Waals surface area contributed by atoms with Gasteiger partial charge in [0.05, 0.1) is 11.4 Å². The van der Waals surface area contributed by atoms with Gasteiger partial charge >= 0.3 is 0 Å². The molecular weight excluding hydrogens is 384 g/mol. The normalized spacial score (nSPS) is 15.8. The number of hydrogen-bond acceptors (Lipinski definition) is 5. The van der Waals surface area contributed by atoms with Gasteiger partial charge in [0.2, 0.25) is 5.71 Å². The van der Waals surface area contributed by atoms with Crippen LogP contribution in [0.25, 0.3) is 22.1 Å². The summed E-state index contributed by atoms with van der Waals surface area (Å²) in [5, 5.41) is 2.12. The maximum atomic E-state index is 6.37. The topological polar surface area (TPSA) is 45.4 Å². The highest BCUT2D eigenvalue weighted by molar-refractivity contribution is 6.10. The van der Waals surface area contributed by atoms with Crippen LogP contribution in [0.5, 0.6) is 0 Å². The van der Waals surface area contributed by atoms with Crippen LogP contribution in [0.15, 0.2) is 77.3 Å². The number of rotatable bonds is 2. The molecule has 152 valence electrons. The molecular formula is C26H22N4O. The number of para-hydroxylation sites is 1. The average molecular weight is 406 g/mol. The van der Waals surface area contributed by atoms with Crippen LogP contribution in [-0.2, 0) is 0 Å². The summed E-state index contributed by atoms with van der Waals surface area (Å²) in [6.07, 6.45) is 1.88. The molecule has 0 amide bonds. The molecule has 0 radical (unpaired) electrons. The number of nitrogens with zero attached hydrogens (tertiary/aromatic N) is 4.